The fourth-order valence-electron chi connectivity index (χ4n) is 1.93. The maximum absolute atomic E-state index is 5.82. The van der Waals surface area contributed by atoms with Gasteiger partial charge in [0, 0.05) is 34.9 Å². The zero-order chi connectivity index (χ0) is 15.4. The van der Waals surface area contributed by atoms with Crippen LogP contribution in [-0.2, 0) is 6.54 Å². The molecule has 0 aromatic carbocycles. The molecule has 0 aliphatic heterocycles. The quantitative estimate of drug-likeness (QED) is 0.842. The molecule has 0 atom stereocenters. The molecule has 21 heavy (non-hydrogen) atoms. The van der Waals surface area contributed by atoms with Crippen LogP contribution in [0.25, 0.3) is 0 Å². The van der Waals surface area contributed by atoms with Crippen molar-refractivity contribution in [3.8, 4) is 0 Å². The monoisotopic (exact) mass is 370 g/mol. The first-order valence-corrected chi connectivity index (χ1v) is 8.41. The summed E-state index contributed by atoms with van der Waals surface area (Å²) in [5.41, 5.74) is 5.82. The lowest BCUT2D eigenvalue weighted by atomic mass is 10.4. The SMILES string of the molecule is CCN(CC)c1nc(N)nc(N(C)Cc2cc(Br)cs2)n1. The van der Waals surface area contributed by atoms with Crippen molar-refractivity contribution in [2.24, 2.45) is 0 Å². The topological polar surface area (TPSA) is 71.2 Å². The highest BCUT2D eigenvalue weighted by molar-refractivity contribution is 9.10. The van der Waals surface area contributed by atoms with E-state index >= 15 is 0 Å². The van der Waals surface area contributed by atoms with Gasteiger partial charge in [-0.25, -0.2) is 0 Å². The standard InChI is InChI=1S/C13H19BrN6S/c1-4-20(5-2)13-17-11(15)16-12(18-13)19(3)7-10-6-9(14)8-21-10/h6,8H,4-5,7H2,1-3H3,(H2,15,16,17,18). The van der Waals surface area contributed by atoms with Gasteiger partial charge in [-0.2, -0.15) is 15.0 Å². The molecule has 6 nitrogen and oxygen atoms in total. The number of halogens is 1. The fourth-order valence-corrected chi connectivity index (χ4v) is 3.43. The molecule has 0 radical (unpaired) electrons. The van der Waals surface area contributed by atoms with Crippen LogP contribution in [-0.4, -0.2) is 35.1 Å². The number of hydrogen-bond donors (Lipinski definition) is 1. The second-order valence-corrected chi connectivity index (χ2v) is 6.46. The molecule has 0 saturated carbocycles. The minimum atomic E-state index is 0.251. The summed E-state index contributed by atoms with van der Waals surface area (Å²) >= 11 is 5.16. The van der Waals surface area contributed by atoms with Crippen LogP contribution < -0.4 is 15.5 Å². The first kappa shape index (κ1) is 16.0. The lowest BCUT2D eigenvalue weighted by Crippen LogP contribution is -2.27. The van der Waals surface area contributed by atoms with Gasteiger partial charge in [-0.15, -0.1) is 11.3 Å². The highest BCUT2D eigenvalue weighted by Gasteiger charge is 2.13. The number of thiophene rings is 1. The van der Waals surface area contributed by atoms with E-state index in [4.69, 9.17) is 5.73 Å². The Morgan fingerprint density at radius 1 is 1.19 bits per heavy atom. The molecule has 2 aromatic heterocycles. The summed E-state index contributed by atoms with van der Waals surface area (Å²) in [6.07, 6.45) is 0. The molecule has 8 heteroatoms. The van der Waals surface area contributed by atoms with Crippen molar-refractivity contribution in [3.63, 3.8) is 0 Å². The van der Waals surface area contributed by atoms with Crippen LogP contribution >= 0.6 is 27.3 Å². The number of nitrogen functional groups attached to an aromatic ring is 1. The van der Waals surface area contributed by atoms with Crippen LogP contribution in [0.15, 0.2) is 15.9 Å². The minimum absolute atomic E-state index is 0.251. The zero-order valence-corrected chi connectivity index (χ0v) is 14.8. The minimum Gasteiger partial charge on any atom is -0.368 e. The molecule has 2 rings (SSSR count). The molecule has 0 aliphatic rings. The Kier molecular flexibility index (Phi) is 5.35. The van der Waals surface area contributed by atoms with Crippen LogP contribution in [0.1, 0.15) is 18.7 Å². The van der Waals surface area contributed by atoms with Gasteiger partial charge < -0.3 is 15.5 Å². The maximum Gasteiger partial charge on any atom is 0.232 e. The van der Waals surface area contributed by atoms with Gasteiger partial charge in [-0.05, 0) is 35.8 Å². The Labute approximate surface area is 137 Å². The molecule has 0 fully saturated rings. The Balaban J connectivity index is 2.22. The summed E-state index contributed by atoms with van der Waals surface area (Å²) in [5, 5.41) is 2.06. The third-order valence-corrected chi connectivity index (χ3v) is 4.71. The van der Waals surface area contributed by atoms with Crippen molar-refractivity contribution in [3.05, 3.63) is 20.8 Å². The van der Waals surface area contributed by atoms with Crippen molar-refractivity contribution in [1.29, 1.82) is 0 Å². The Hall–Kier alpha value is -1.41. The smallest absolute Gasteiger partial charge is 0.232 e. The molecule has 2 aromatic rings. The third-order valence-electron chi connectivity index (χ3n) is 3.03. The normalized spacial score (nSPS) is 10.7. The van der Waals surface area contributed by atoms with Crippen LogP contribution in [0, 0.1) is 0 Å². The van der Waals surface area contributed by atoms with Crippen molar-refractivity contribution in [2.75, 3.05) is 35.7 Å². The molecule has 0 unspecified atom stereocenters. The molecule has 114 valence electrons. The Bertz CT molecular complexity index is 598. The molecule has 0 bridgehead atoms. The lowest BCUT2D eigenvalue weighted by molar-refractivity contribution is 0.796. The van der Waals surface area contributed by atoms with E-state index in [0.29, 0.717) is 11.9 Å². The average molecular weight is 371 g/mol. The second-order valence-electron chi connectivity index (χ2n) is 4.55. The van der Waals surface area contributed by atoms with Gasteiger partial charge in [0.05, 0.1) is 6.54 Å². The average Bonchev–Trinajstić information content (AvgIpc) is 2.85. The van der Waals surface area contributed by atoms with E-state index in [1.54, 1.807) is 11.3 Å². The Morgan fingerprint density at radius 2 is 1.86 bits per heavy atom. The highest BCUT2D eigenvalue weighted by atomic mass is 79.9. The van der Waals surface area contributed by atoms with E-state index in [2.05, 4.69) is 61.1 Å². The van der Waals surface area contributed by atoms with Crippen LogP contribution in [0.2, 0.25) is 0 Å². The summed E-state index contributed by atoms with van der Waals surface area (Å²) < 4.78 is 1.09. The third kappa shape index (κ3) is 4.04. The van der Waals surface area contributed by atoms with E-state index in [0.717, 1.165) is 24.1 Å². The van der Waals surface area contributed by atoms with E-state index in [1.807, 2.05) is 11.9 Å². The summed E-state index contributed by atoms with van der Waals surface area (Å²) in [5.74, 6) is 1.47. The largest absolute Gasteiger partial charge is 0.368 e. The fraction of sp³-hybridized carbons (Fsp3) is 0.462. The van der Waals surface area contributed by atoms with Crippen LogP contribution in [0.4, 0.5) is 17.8 Å². The predicted octanol–water partition coefficient (Wildman–Crippen LogP) is 2.76. The number of aromatic nitrogens is 3. The zero-order valence-electron chi connectivity index (χ0n) is 12.4. The first-order chi connectivity index (χ1) is 10.0. The molecule has 2 N–H and O–H groups in total. The van der Waals surface area contributed by atoms with E-state index in [-0.39, 0.29) is 5.95 Å². The molecular formula is C13H19BrN6S. The van der Waals surface area contributed by atoms with E-state index < -0.39 is 0 Å². The van der Waals surface area contributed by atoms with Crippen molar-refractivity contribution in [2.45, 2.75) is 20.4 Å². The summed E-state index contributed by atoms with van der Waals surface area (Å²) in [6, 6.07) is 2.09. The van der Waals surface area contributed by atoms with Gasteiger partial charge in [0.2, 0.25) is 17.8 Å². The molecule has 0 saturated heterocycles. The van der Waals surface area contributed by atoms with Gasteiger partial charge in [0.1, 0.15) is 0 Å². The molecular weight excluding hydrogens is 352 g/mol. The molecule has 0 spiro atoms. The number of rotatable bonds is 6. The summed E-state index contributed by atoms with van der Waals surface area (Å²) in [6.45, 7) is 6.53. The first-order valence-electron chi connectivity index (χ1n) is 6.74. The van der Waals surface area contributed by atoms with E-state index in [1.165, 1.54) is 4.88 Å². The van der Waals surface area contributed by atoms with Gasteiger partial charge in [-0.3, -0.25) is 0 Å². The number of nitrogens with two attached hydrogens (primary N) is 1. The predicted molar refractivity (Wildman–Crippen MR) is 91.9 cm³/mol. The van der Waals surface area contributed by atoms with Crippen LogP contribution in [0.5, 0.6) is 0 Å². The summed E-state index contributed by atoms with van der Waals surface area (Å²) in [7, 11) is 1.95. The maximum atomic E-state index is 5.82. The molecule has 0 amide bonds. The van der Waals surface area contributed by atoms with Crippen molar-refractivity contribution in [1.82, 2.24) is 15.0 Å². The number of anilines is 3. The Morgan fingerprint density at radius 3 is 2.43 bits per heavy atom. The van der Waals surface area contributed by atoms with Gasteiger partial charge in [0.25, 0.3) is 0 Å². The summed E-state index contributed by atoms with van der Waals surface area (Å²) in [4.78, 5) is 18.2. The number of hydrogen-bond acceptors (Lipinski definition) is 7. The molecule has 2 heterocycles. The van der Waals surface area contributed by atoms with Gasteiger partial charge in [-0.1, -0.05) is 0 Å². The van der Waals surface area contributed by atoms with Crippen molar-refractivity contribution < 1.29 is 0 Å². The number of nitrogens with zero attached hydrogens (tertiary/aromatic N) is 5. The second kappa shape index (κ2) is 7.04. The van der Waals surface area contributed by atoms with Crippen molar-refractivity contribution >= 4 is 45.1 Å². The van der Waals surface area contributed by atoms with E-state index in [9.17, 15) is 0 Å². The molecule has 0 aliphatic carbocycles. The lowest BCUT2D eigenvalue weighted by Gasteiger charge is -2.21. The van der Waals surface area contributed by atoms with Crippen LogP contribution in [0.3, 0.4) is 0 Å². The highest BCUT2D eigenvalue weighted by Crippen LogP contribution is 2.22. The van der Waals surface area contributed by atoms with Gasteiger partial charge in [0.15, 0.2) is 0 Å². The van der Waals surface area contributed by atoms with Gasteiger partial charge >= 0.3 is 0 Å².